The lowest BCUT2D eigenvalue weighted by atomic mass is 9.95. The van der Waals surface area contributed by atoms with Crippen molar-refractivity contribution >= 4 is 110 Å². The highest BCUT2D eigenvalue weighted by Crippen LogP contribution is 2.45. The van der Waals surface area contributed by atoms with Crippen LogP contribution < -0.4 is 5.32 Å². The molecule has 3 amide bonds. The predicted octanol–water partition coefficient (Wildman–Crippen LogP) is 6.02. The molecular formula is C24H20Br4N2O7S. The number of anilines is 1. The Morgan fingerprint density at radius 2 is 1.53 bits per heavy atom. The van der Waals surface area contributed by atoms with Crippen molar-refractivity contribution in [2.75, 3.05) is 18.5 Å². The SMILES string of the molecule is CCOC(=O)c1c(NC(=O)COC(=O)[C@@H](C)N2C(=O)c3c(Br)c(Br)c(Br)c(Br)c3C2=O)sc2c1CCCC2. The van der Waals surface area contributed by atoms with Crippen LogP contribution in [-0.2, 0) is 31.9 Å². The van der Waals surface area contributed by atoms with Crippen LogP contribution in [0, 0.1) is 0 Å². The van der Waals surface area contributed by atoms with E-state index in [2.05, 4.69) is 69.0 Å². The molecule has 2 aromatic rings. The summed E-state index contributed by atoms with van der Waals surface area (Å²) in [6.45, 7) is 2.59. The fourth-order valence-electron chi connectivity index (χ4n) is 4.32. The Morgan fingerprint density at radius 3 is 2.11 bits per heavy atom. The summed E-state index contributed by atoms with van der Waals surface area (Å²) in [7, 11) is 0. The molecule has 1 aromatic carbocycles. The summed E-state index contributed by atoms with van der Waals surface area (Å²) in [5, 5.41) is 3.02. The second-order valence-electron chi connectivity index (χ2n) is 8.45. The van der Waals surface area contributed by atoms with Gasteiger partial charge in [0.05, 0.1) is 23.3 Å². The maximum Gasteiger partial charge on any atom is 0.341 e. The van der Waals surface area contributed by atoms with Crippen molar-refractivity contribution in [3.8, 4) is 0 Å². The van der Waals surface area contributed by atoms with Crippen molar-refractivity contribution in [2.24, 2.45) is 0 Å². The molecular weight excluding hydrogens is 780 g/mol. The van der Waals surface area contributed by atoms with Crippen LogP contribution in [0.3, 0.4) is 0 Å². The topological polar surface area (TPSA) is 119 Å². The van der Waals surface area contributed by atoms with Crippen LogP contribution in [0.5, 0.6) is 0 Å². The van der Waals surface area contributed by atoms with Gasteiger partial charge < -0.3 is 14.8 Å². The summed E-state index contributed by atoms with van der Waals surface area (Å²) in [5.74, 6) is -3.45. The maximum absolute atomic E-state index is 13.1. The van der Waals surface area contributed by atoms with Crippen molar-refractivity contribution in [3.63, 3.8) is 0 Å². The first-order chi connectivity index (χ1) is 18.0. The minimum atomic E-state index is -1.30. The monoisotopic (exact) mass is 796 g/mol. The van der Waals surface area contributed by atoms with Crippen molar-refractivity contribution in [1.82, 2.24) is 4.90 Å². The first kappa shape index (κ1) is 29.4. The molecule has 2 heterocycles. The molecule has 0 saturated carbocycles. The van der Waals surface area contributed by atoms with Crippen molar-refractivity contribution in [3.05, 3.63) is 45.0 Å². The number of aryl methyl sites for hydroxylation is 1. The van der Waals surface area contributed by atoms with Gasteiger partial charge in [0.25, 0.3) is 17.7 Å². The zero-order valence-corrected chi connectivity index (χ0v) is 27.2. The molecule has 1 N–H and O–H groups in total. The first-order valence-corrected chi connectivity index (χ1v) is 15.5. The number of nitrogens with one attached hydrogen (secondary N) is 1. The highest BCUT2D eigenvalue weighted by Gasteiger charge is 2.45. The number of rotatable bonds is 7. The molecule has 14 heteroatoms. The number of esters is 2. The quantitative estimate of drug-likeness (QED) is 0.158. The molecule has 38 heavy (non-hydrogen) atoms. The van der Waals surface area contributed by atoms with Crippen LogP contribution in [0.15, 0.2) is 17.9 Å². The number of ether oxygens (including phenoxy) is 2. The number of carbonyl (C=O) groups excluding carboxylic acids is 5. The van der Waals surface area contributed by atoms with E-state index >= 15 is 0 Å². The number of amides is 3. The van der Waals surface area contributed by atoms with Gasteiger partial charge >= 0.3 is 11.9 Å². The molecule has 1 aromatic heterocycles. The predicted molar refractivity (Wildman–Crippen MR) is 154 cm³/mol. The highest BCUT2D eigenvalue weighted by molar-refractivity contribution is 9.15. The Labute approximate surface area is 255 Å². The van der Waals surface area contributed by atoms with Crippen LogP contribution in [-0.4, -0.2) is 53.8 Å². The first-order valence-electron chi connectivity index (χ1n) is 11.5. The fraction of sp³-hybridized carbons (Fsp3) is 0.375. The third-order valence-electron chi connectivity index (χ3n) is 6.11. The van der Waals surface area contributed by atoms with Crippen LogP contribution in [0.25, 0.3) is 0 Å². The van der Waals surface area contributed by atoms with Gasteiger partial charge in [-0.2, -0.15) is 0 Å². The molecule has 0 saturated heterocycles. The zero-order chi connectivity index (χ0) is 27.9. The number of imide groups is 1. The average molecular weight is 800 g/mol. The van der Waals surface area contributed by atoms with Crippen LogP contribution in [0.4, 0.5) is 5.00 Å². The van der Waals surface area contributed by atoms with Gasteiger partial charge in [0, 0.05) is 22.8 Å². The summed E-state index contributed by atoms with van der Waals surface area (Å²) < 4.78 is 12.1. The van der Waals surface area contributed by atoms with Gasteiger partial charge in [-0.3, -0.25) is 19.3 Å². The number of carbonyl (C=O) groups is 5. The van der Waals surface area contributed by atoms with E-state index in [4.69, 9.17) is 9.47 Å². The van der Waals surface area contributed by atoms with Gasteiger partial charge in [0.15, 0.2) is 6.61 Å². The minimum absolute atomic E-state index is 0.0995. The maximum atomic E-state index is 13.1. The van der Waals surface area contributed by atoms with E-state index in [9.17, 15) is 24.0 Å². The molecule has 0 spiro atoms. The van der Waals surface area contributed by atoms with Crippen LogP contribution in [0.2, 0.25) is 0 Å². The van der Waals surface area contributed by atoms with E-state index < -0.39 is 42.3 Å². The number of benzene rings is 1. The van der Waals surface area contributed by atoms with Crippen molar-refractivity contribution < 1.29 is 33.4 Å². The van der Waals surface area contributed by atoms with Gasteiger partial charge in [-0.05, 0) is 109 Å². The second kappa shape index (κ2) is 11.9. The molecule has 1 atom stereocenters. The van der Waals surface area contributed by atoms with E-state index in [-0.39, 0.29) is 17.7 Å². The normalized spacial score (nSPS) is 15.2. The summed E-state index contributed by atoms with van der Waals surface area (Å²) in [6, 6.07) is -1.30. The highest BCUT2D eigenvalue weighted by atomic mass is 79.9. The molecule has 202 valence electrons. The molecule has 1 aliphatic carbocycles. The summed E-state index contributed by atoms with van der Waals surface area (Å²) in [6.07, 6.45) is 3.48. The summed E-state index contributed by atoms with van der Waals surface area (Å²) in [4.78, 5) is 66.1. The minimum Gasteiger partial charge on any atom is -0.462 e. The van der Waals surface area contributed by atoms with E-state index in [1.165, 1.54) is 18.3 Å². The van der Waals surface area contributed by atoms with Gasteiger partial charge in [-0.25, -0.2) is 9.59 Å². The molecule has 2 aliphatic rings. The van der Waals surface area contributed by atoms with Crippen LogP contribution >= 0.6 is 75.1 Å². The molecule has 9 nitrogen and oxygen atoms in total. The fourth-order valence-corrected chi connectivity index (χ4v) is 8.07. The van der Waals surface area contributed by atoms with Gasteiger partial charge in [-0.1, -0.05) is 0 Å². The number of nitrogens with zero attached hydrogens (tertiary/aromatic N) is 1. The summed E-state index contributed by atoms with van der Waals surface area (Å²) >= 11 is 14.7. The van der Waals surface area contributed by atoms with Crippen molar-refractivity contribution in [1.29, 1.82) is 0 Å². The summed E-state index contributed by atoms with van der Waals surface area (Å²) in [5.41, 5.74) is 1.44. The van der Waals surface area contributed by atoms with E-state index in [0.29, 0.717) is 28.5 Å². The van der Waals surface area contributed by atoms with E-state index in [1.807, 2.05) is 0 Å². The Balaban J connectivity index is 1.46. The second-order valence-corrected chi connectivity index (χ2v) is 12.7. The van der Waals surface area contributed by atoms with E-state index in [1.54, 1.807) is 6.92 Å². The molecule has 0 radical (unpaired) electrons. The van der Waals surface area contributed by atoms with Gasteiger partial charge in [-0.15, -0.1) is 11.3 Å². The molecule has 1 aliphatic heterocycles. The van der Waals surface area contributed by atoms with Gasteiger partial charge in [0.1, 0.15) is 11.0 Å². The van der Waals surface area contributed by atoms with Crippen LogP contribution in [0.1, 0.15) is 68.2 Å². The number of hydrogen-bond acceptors (Lipinski definition) is 8. The third kappa shape index (κ3) is 5.26. The standard InChI is InChI=1S/C24H20Br4N2O7S/c1-3-36-24(35)13-10-6-4-5-7-11(10)38-20(13)29-12(31)8-37-23(34)9(2)30-21(32)14-15(22(30)33)17(26)19(28)18(27)16(14)25/h9H,3-8H2,1-2H3,(H,29,31)/t9-/m1/s1. The number of halogens is 4. The van der Waals surface area contributed by atoms with Gasteiger partial charge in [0.2, 0.25) is 0 Å². The Kier molecular flexibility index (Phi) is 9.17. The number of fused-ring (bicyclic) bond motifs is 2. The third-order valence-corrected chi connectivity index (χ3v) is 12.1. The molecule has 4 rings (SSSR count). The average Bonchev–Trinajstić information content (AvgIpc) is 3.38. The Morgan fingerprint density at radius 1 is 0.947 bits per heavy atom. The lowest BCUT2D eigenvalue weighted by Gasteiger charge is -2.20. The van der Waals surface area contributed by atoms with Crippen molar-refractivity contribution in [2.45, 2.75) is 45.6 Å². The lowest BCUT2D eigenvalue weighted by Crippen LogP contribution is -2.44. The Bertz CT molecular complexity index is 1340. The molecule has 0 bridgehead atoms. The largest absolute Gasteiger partial charge is 0.462 e. The lowest BCUT2D eigenvalue weighted by molar-refractivity contribution is -0.150. The zero-order valence-electron chi connectivity index (χ0n) is 20.0. The molecule has 0 unspecified atom stereocenters. The van der Waals surface area contributed by atoms with E-state index in [0.717, 1.165) is 41.0 Å². The Hall–Kier alpha value is -1.61. The number of hydrogen-bond donors (Lipinski definition) is 1. The number of thiophene rings is 1. The molecule has 0 fully saturated rings. The smallest absolute Gasteiger partial charge is 0.341 e.